The van der Waals surface area contributed by atoms with Crippen molar-refractivity contribution in [2.75, 3.05) is 11.9 Å². The summed E-state index contributed by atoms with van der Waals surface area (Å²) >= 11 is 0. The number of fused-ring (bicyclic) bond motifs is 1. The highest BCUT2D eigenvalue weighted by atomic mass is 15.3. The summed E-state index contributed by atoms with van der Waals surface area (Å²) in [6.07, 6.45) is 4.77. The third kappa shape index (κ3) is 1.99. The third-order valence-corrected chi connectivity index (χ3v) is 2.79. The van der Waals surface area contributed by atoms with Gasteiger partial charge in [0.15, 0.2) is 5.82 Å². The summed E-state index contributed by atoms with van der Waals surface area (Å²) < 4.78 is 0. The third-order valence-electron chi connectivity index (χ3n) is 2.79. The first-order valence-corrected chi connectivity index (χ1v) is 5.59. The number of aromatic amines is 2. The zero-order valence-corrected chi connectivity index (χ0v) is 9.27. The lowest BCUT2D eigenvalue weighted by Gasteiger charge is -2.01. The van der Waals surface area contributed by atoms with E-state index in [1.165, 1.54) is 16.5 Å². The van der Waals surface area contributed by atoms with Crippen molar-refractivity contribution in [1.29, 1.82) is 0 Å². The second-order valence-electron chi connectivity index (χ2n) is 3.89. The van der Waals surface area contributed by atoms with Crippen LogP contribution in [0, 0.1) is 0 Å². The molecule has 3 rings (SSSR count). The molecule has 0 bridgehead atoms. The molecule has 0 radical (unpaired) electrons. The molecular weight excluding hydrogens is 214 g/mol. The molecule has 5 nitrogen and oxygen atoms in total. The summed E-state index contributed by atoms with van der Waals surface area (Å²) in [5.41, 5.74) is 2.50. The van der Waals surface area contributed by atoms with E-state index < -0.39 is 0 Å². The van der Waals surface area contributed by atoms with Gasteiger partial charge in [-0.25, -0.2) is 0 Å². The number of hydrogen-bond acceptors (Lipinski definition) is 3. The normalized spacial score (nSPS) is 10.8. The quantitative estimate of drug-likeness (QED) is 0.638. The second kappa shape index (κ2) is 4.29. The van der Waals surface area contributed by atoms with Gasteiger partial charge in [0.25, 0.3) is 0 Å². The molecule has 0 saturated heterocycles. The Morgan fingerprint density at radius 3 is 3.00 bits per heavy atom. The first-order valence-electron chi connectivity index (χ1n) is 5.59. The van der Waals surface area contributed by atoms with E-state index in [0.717, 1.165) is 18.8 Å². The summed E-state index contributed by atoms with van der Waals surface area (Å²) in [4.78, 5) is 3.27. The predicted molar refractivity (Wildman–Crippen MR) is 66.9 cm³/mol. The first kappa shape index (κ1) is 9.89. The van der Waals surface area contributed by atoms with Gasteiger partial charge in [0.2, 0.25) is 0 Å². The first-order chi connectivity index (χ1) is 8.43. The molecule has 0 spiro atoms. The fraction of sp³-hybridized carbons (Fsp3) is 0.167. The predicted octanol–water partition coefficient (Wildman–Crippen LogP) is 1.94. The van der Waals surface area contributed by atoms with E-state index in [0.29, 0.717) is 0 Å². The SMILES string of the molecule is c1ccc2c(CCNc3c[nH]nn3)c[nH]c2c1. The van der Waals surface area contributed by atoms with Crippen LogP contribution in [0.2, 0.25) is 0 Å². The maximum atomic E-state index is 3.87. The van der Waals surface area contributed by atoms with Crippen molar-refractivity contribution in [1.82, 2.24) is 20.4 Å². The lowest BCUT2D eigenvalue weighted by Crippen LogP contribution is -2.04. The number of nitrogens with one attached hydrogen (secondary N) is 3. The van der Waals surface area contributed by atoms with Crippen LogP contribution in [0.5, 0.6) is 0 Å². The van der Waals surface area contributed by atoms with Crippen molar-refractivity contribution < 1.29 is 0 Å². The summed E-state index contributed by atoms with van der Waals surface area (Å²) in [6.45, 7) is 0.842. The Labute approximate surface area is 98.2 Å². The van der Waals surface area contributed by atoms with Crippen LogP contribution in [0.1, 0.15) is 5.56 Å². The van der Waals surface area contributed by atoms with E-state index in [1.54, 1.807) is 6.20 Å². The van der Waals surface area contributed by atoms with Crippen molar-refractivity contribution in [3.63, 3.8) is 0 Å². The Bertz CT molecular complexity index is 596. The van der Waals surface area contributed by atoms with Gasteiger partial charge in [0, 0.05) is 23.6 Å². The molecule has 0 atom stereocenters. The van der Waals surface area contributed by atoms with Crippen molar-refractivity contribution >= 4 is 16.7 Å². The molecule has 0 aliphatic carbocycles. The van der Waals surface area contributed by atoms with Crippen molar-refractivity contribution in [2.24, 2.45) is 0 Å². The van der Waals surface area contributed by atoms with Crippen LogP contribution < -0.4 is 5.32 Å². The minimum Gasteiger partial charge on any atom is -0.367 e. The number of benzene rings is 1. The summed E-state index contributed by atoms with van der Waals surface area (Å²) in [7, 11) is 0. The molecule has 5 heteroatoms. The van der Waals surface area contributed by atoms with Crippen molar-refractivity contribution in [2.45, 2.75) is 6.42 Å². The molecule has 0 fully saturated rings. The molecule has 1 aromatic carbocycles. The topological polar surface area (TPSA) is 69.4 Å². The van der Waals surface area contributed by atoms with Gasteiger partial charge in [-0.2, -0.15) is 0 Å². The maximum absolute atomic E-state index is 3.87. The van der Waals surface area contributed by atoms with Gasteiger partial charge >= 0.3 is 0 Å². The smallest absolute Gasteiger partial charge is 0.168 e. The average molecular weight is 227 g/mol. The molecular formula is C12H13N5. The van der Waals surface area contributed by atoms with Crippen LogP contribution >= 0.6 is 0 Å². The van der Waals surface area contributed by atoms with Gasteiger partial charge in [-0.05, 0) is 18.1 Å². The van der Waals surface area contributed by atoms with Gasteiger partial charge in [0.1, 0.15) is 0 Å². The number of anilines is 1. The molecule has 0 saturated carbocycles. The van der Waals surface area contributed by atoms with E-state index >= 15 is 0 Å². The van der Waals surface area contributed by atoms with E-state index in [9.17, 15) is 0 Å². The molecule has 2 heterocycles. The Kier molecular flexibility index (Phi) is 2.50. The fourth-order valence-corrected chi connectivity index (χ4v) is 1.95. The Morgan fingerprint density at radius 1 is 1.18 bits per heavy atom. The zero-order chi connectivity index (χ0) is 11.5. The van der Waals surface area contributed by atoms with Crippen LogP contribution in [-0.2, 0) is 6.42 Å². The van der Waals surface area contributed by atoms with Crippen molar-refractivity contribution in [3.8, 4) is 0 Å². The highest BCUT2D eigenvalue weighted by Gasteiger charge is 2.02. The van der Waals surface area contributed by atoms with Crippen LogP contribution in [0.3, 0.4) is 0 Å². The molecule has 0 aliphatic heterocycles. The number of para-hydroxylation sites is 1. The van der Waals surface area contributed by atoms with Gasteiger partial charge in [-0.3, -0.25) is 5.10 Å². The molecule has 0 unspecified atom stereocenters. The molecule has 3 N–H and O–H groups in total. The number of rotatable bonds is 4. The summed E-state index contributed by atoms with van der Waals surface area (Å²) in [5, 5.41) is 14.7. The van der Waals surface area contributed by atoms with Crippen LogP contribution in [0.25, 0.3) is 10.9 Å². The molecule has 86 valence electrons. The van der Waals surface area contributed by atoms with Crippen molar-refractivity contribution in [3.05, 3.63) is 42.2 Å². The van der Waals surface area contributed by atoms with E-state index in [-0.39, 0.29) is 0 Å². The molecule has 0 amide bonds. The fourth-order valence-electron chi connectivity index (χ4n) is 1.95. The van der Waals surface area contributed by atoms with Crippen LogP contribution in [0.15, 0.2) is 36.7 Å². The van der Waals surface area contributed by atoms with Gasteiger partial charge in [0.05, 0.1) is 6.20 Å². The molecule has 17 heavy (non-hydrogen) atoms. The molecule has 3 aromatic rings. The Balaban J connectivity index is 1.69. The lowest BCUT2D eigenvalue weighted by atomic mass is 10.1. The Hall–Kier alpha value is -2.30. The largest absolute Gasteiger partial charge is 0.367 e. The summed E-state index contributed by atoms with van der Waals surface area (Å²) in [5.74, 6) is 0.782. The number of hydrogen-bond donors (Lipinski definition) is 3. The number of H-pyrrole nitrogens is 2. The van der Waals surface area contributed by atoms with E-state index in [4.69, 9.17) is 0 Å². The maximum Gasteiger partial charge on any atom is 0.168 e. The minimum absolute atomic E-state index is 0.782. The zero-order valence-electron chi connectivity index (χ0n) is 9.27. The van der Waals surface area contributed by atoms with E-state index in [1.807, 2.05) is 6.07 Å². The minimum atomic E-state index is 0.782. The monoisotopic (exact) mass is 227 g/mol. The summed E-state index contributed by atoms with van der Waals surface area (Å²) in [6, 6.07) is 8.32. The van der Waals surface area contributed by atoms with Crippen LogP contribution in [0.4, 0.5) is 5.82 Å². The lowest BCUT2D eigenvalue weighted by molar-refractivity contribution is 0.932. The molecule has 0 aliphatic rings. The Morgan fingerprint density at radius 2 is 2.12 bits per heavy atom. The highest BCUT2D eigenvalue weighted by Crippen LogP contribution is 2.17. The van der Waals surface area contributed by atoms with Crippen LogP contribution in [-0.4, -0.2) is 26.9 Å². The molecule has 2 aromatic heterocycles. The standard InChI is InChI=1S/C12H13N5/c1-2-4-11-10(3-1)9(7-14-11)5-6-13-12-8-15-17-16-12/h1-4,7-8,14H,5-6H2,(H2,13,15,16,17). The number of aromatic nitrogens is 4. The highest BCUT2D eigenvalue weighted by molar-refractivity contribution is 5.83. The second-order valence-corrected chi connectivity index (χ2v) is 3.89. The average Bonchev–Trinajstić information content (AvgIpc) is 2.99. The van der Waals surface area contributed by atoms with Gasteiger partial charge in [-0.15, -0.1) is 5.10 Å². The van der Waals surface area contributed by atoms with Gasteiger partial charge < -0.3 is 10.3 Å². The number of nitrogens with zero attached hydrogens (tertiary/aromatic N) is 2. The van der Waals surface area contributed by atoms with E-state index in [2.05, 4.69) is 50.1 Å². The van der Waals surface area contributed by atoms with Gasteiger partial charge in [-0.1, -0.05) is 23.4 Å².